The zero-order valence-electron chi connectivity index (χ0n) is 19.1. The molecule has 2 aliphatic heterocycles. The van der Waals surface area contributed by atoms with Gasteiger partial charge in [0.25, 0.3) is 0 Å². The lowest BCUT2D eigenvalue weighted by atomic mass is 10.00. The van der Waals surface area contributed by atoms with Crippen LogP contribution < -0.4 is 10.6 Å². The first-order valence-corrected chi connectivity index (χ1v) is 11.0. The van der Waals surface area contributed by atoms with Crippen molar-refractivity contribution in [1.29, 1.82) is 0 Å². The van der Waals surface area contributed by atoms with Gasteiger partial charge in [-0.1, -0.05) is 0 Å². The van der Waals surface area contributed by atoms with E-state index < -0.39 is 0 Å². The van der Waals surface area contributed by atoms with Crippen molar-refractivity contribution in [3.63, 3.8) is 0 Å². The van der Waals surface area contributed by atoms with Gasteiger partial charge in [-0.05, 0) is 46.8 Å². The second kappa shape index (κ2) is 10.1. The Kier molecular flexibility index (Phi) is 7.79. The van der Waals surface area contributed by atoms with Crippen LogP contribution in [0.25, 0.3) is 0 Å². The number of amides is 2. The van der Waals surface area contributed by atoms with Gasteiger partial charge >= 0.3 is 6.03 Å². The van der Waals surface area contributed by atoms with E-state index in [2.05, 4.69) is 48.1 Å². The van der Waals surface area contributed by atoms with E-state index >= 15 is 0 Å². The number of nitrogens with one attached hydrogen (secondary N) is 2. The Balaban J connectivity index is 1.52. The van der Waals surface area contributed by atoms with Gasteiger partial charge in [-0.3, -0.25) is 9.80 Å². The molecule has 0 aromatic carbocycles. The lowest BCUT2D eigenvalue weighted by molar-refractivity contribution is -0.0947. The molecular formula is C22H38N4O4. The van der Waals surface area contributed by atoms with Crippen molar-refractivity contribution in [3.8, 4) is 0 Å². The molecule has 0 aliphatic carbocycles. The molecule has 2 saturated heterocycles. The maximum absolute atomic E-state index is 12.6. The Hall–Kier alpha value is -1.61. The highest BCUT2D eigenvalue weighted by Gasteiger charge is 2.33. The van der Waals surface area contributed by atoms with Gasteiger partial charge in [-0.25, -0.2) is 4.79 Å². The van der Waals surface area contributed by atoms with Gasteiger partial charge in [0.15, 0.2) is 0 Å². The van der Waals surface area contributed by atoms with Gasteiger partial charge in [-0.2, -0.15) is 0 Å². The highest BCUT2D eigenvalue weighted by atomic mass is 16.5. The summed E-state index contributed by atoms with van der Waals surface area (Å²) >= 11 is 0. The van der Waals surface area contributed by atoms with Gasteiger partial charge in [0.2, 0.25) is 0 Å². The number of carbonyl (C=O) groups excluding carboxylic acids is 1. The third-order valence-electron chi connectivity index (χ3n) is 5.99. The lowest BCUT2D eigenvalue weighted by Crippen LogP contribution is -2.59. The van der Waals surface area contributed by atoms with E-state index in [1.165, 1.54) is 0 Å². The fraction of sp³-hybridized carbons (Fsp3) is 0.773. The first-order chi connectivity index (χ1) is 14.2. The molecule has 30 heavy (non-hydrogen) atoms. The SMILES string of the molecule is Cc1ccc(C(CNC(=O)NCC(C)(C)N2CC(C)OC(C)C2)N2CCOCC2)o1. The van der Waals surface area contributed by atoms with Gasteiger partial charge in [0.1, 0.15) is 11.5 Å². The van der Waals surface area contributed by atoms with Crippen LogP contribution in [-0.2, 0) is 9.47 Å². The third kappa shape index (κ3) is 6.20. The molecule has 2 aliphatic rings. The van der Waals surface area contributed by atoms with Crippen LogP contribution in [0.15, 0.2) is 16.5 Å². The number of hydrogen-bond acceptors (Lipinski definition) is 6. The second-order valence-electron chi connectivity index (χ2n) is 9.15. The van der Waals surface area contributed by atoms with Crippen molar-refractivity contribution in [1.82, 2.24) is 20.4 Å². The maximum Gasteiger partial charge on any atom is 0.314 e. The highest BCUT2D eigenvalue weighted by molar-refractivity contribution is 5.74. The highest BCUT2D eigenvalue weighted by Crippen LogP contribution is 2.23. The minimum Gasteiger partial charge on any atom is -0.465 e. The van der Waals surface area contributed by atoms with E-state index in [-0.39, 0.29) is 29.8 Å². The quantitative estimate of drug-likeness (QED) is 0.701. The number of carbonyl (C=O) groups is 1. The van der Waals surface area contributed by atoms with Gasteiger partial charge in [-0.15, -0.1) is 0 Å². The Morgan fingerprint density at radius 3 is 2.43 bits per heavy atom. The number of aryl methyl sites for hydroxylation is 1. The molecule has 170 valence electrons. The molecule has 8 heteroatoms. The Morgan fingerprint density at radius 1 is 1.17 bits per heavy atom. The summed E-state index contributed by atoms with van der Waals surface area (Å²) < 4.78 is 17.2. The van der Waals surface area contributed by atoms with Crippen LogP contribution in [0.3, 0.4) is 0 Å². The van der Waals surface area contributed by atoms with E-state index in [1.54, 1.807) is 0 Å². The third-order valence-corrected chi connectivity index (χ3v) is 5.99. The molecule has 2 fully saturated rings. The van der Waals surface area contributed by atoms with Crippen LogP contribution in [0.5, 0.6) is 0 Å². The van der Waals surface area contributed by atoms with E-state index in [4.69, 9.17) is 13.9 Å². The molecule has 3 heterocycles. The van der Waals surface area contributed by atoms with E-state index in [0.717, 1.165) is 37.7 Å². The maximum atomic E-state index is 12.6. The molecular weight excluding hydrogens is 384 g/mol. The summed E-state index contributed by atoms with van der Waals surface area (Å²) in [6.45, 7) is 16.3. The molecule has 0 saturated carbocycles. The van der Waals surface area contributed by atoms with Crippen molar-refractivity contribution in [2.24, 2.45) is 0 Å². The van der Waals surface area contributed by atoms with Crippen molar-refractivity contribution < 1.29 is 18.7 Å². The topological polar surface area (TPSA) is 79.2 Å². The largest absolute Gasteiger partial charge is 0.465 e. The standard InChI is InChI=1S/C22H38N4O4/c1-16-6-7-20(30-16)19(25-8-10-28-11-9-25)12-23-21(27)24-15-22(4,5)26-13-17(2)29-18(3)14-26/h6-7,17-19H,8-15H2,1-5H3,(H2,23,24,27). The second-order valence-corrected chi connectivity index (χ2v) is 9.15. The van der Waals surface area contributed by atoms with Crippen molar-refractivity contribution in [3.05, 3.63) is 23.7 Å². The van der Waals surface area contributed by atoms with Crippen LogP contribution in [0, 0.1) is 6.92 Å². The number of ether oxygens (including phenoxy) is 2. The molecule has 0 bridgehead atoms. The van der Waals surface area contributed by atoms with Crippen LogP contribution in [0.2, 0.25) is 0 Å². The number of nitrogens with zero attached hydrogens (tertiary/aromatic N) is 2. The predicted molar refractivity (Wildman–Crippen MR) is 116 cm³/mol. The first kappa shape index (κ1) is 23.1. The van der Waals surface area contributed by atoms with Gasteiger partial charge < -0.3 is 24.5 Å². The summed E-state index contributed by atoms with van der Waals surface area (Å²) in [6.07, 6.45) is 0.403. The van der Waals surface area contributed by atoms with E-state index in [1.807, 2.05) is 19.1 Å². The number of furan rings is 1. The molecule has 3 atom stereocenters. The van der Waals surface area contributed by atoms with E-state index in [9.17, 15) is 4.79 Å². The number of morpholine rings is 2. The molecule has 3 rings (SSSR count). The molecule has 2 N–H and O–H groups in total. The average Bonchev–Trinajstić information content (AvgIpc) is 3.13. The smallest absolute Gasteiger partial charge is 0.314 e. The molecule has 1 aromatic heterocycles. The van der Waals surface area contributed by atoms with Gasteiger partial charge in [0.05, 0.1) is 31.5 Å². The number of hydrogen-bond donors (Lipinski definition) is 2. The summed E-state index contributed by atoms with van der Waals surface area (Å²) in [6, 6.07) is 3.82. The van der Waals surface area contributed by atoms with Crippen LogP contribution in [-0.4, -0.2) is 86.1 Å². The Morgan fingerprint density at radius 2 is 1.83 bits per heavy atom. The fourth-order valence-electron chi connectivity index (χ4n) is 4.26. The Bertz CT molecular complexity index is 676. The minimum atomic E-state index is -0.154. The normalized spacial score (nSPS) is 25.1. The summed E-state index contributed by atoms with van der Waals surface area (Å²) in [4.78, 5) is 17.3. The van der Waals surface area contributed by atoms with E-state index in [0.29, 0.717) is 26.3 Å². The molecule has 8 nitrogen and oxygen atoms in total. The fourth-order valence-corrected chi connectivity index (χ4v) is 4.26. The molecule has 0 radical (unpaired) electrons. The van der Waals surface area contributed by atoms with Crippen LogP contribution >= 0.6 is 0 Å². The van der Waals surface area contributed by atoms with Crippen molar-refractivity contribution in [2.75, 3.05) is 52.5 Å². The summed E-state index contributed by atoms with van der Waals surface area (Å²) in [5.41, 5.74) is -0.147. The summed E-state index contributed by atoms with van der Waals surface area (Å²) in [5, 5.41) is 6.10. The van der Waals surface area contributed by atoms with Crippen molar-refractivity contribution in [2.45, 2.75) is 58.4 Å². The zero-order chi connectivity index (χ0) is 21.7. The van der Waals surface area contributed by atoms with Crippen molar-refractivity contribution >= 4 is 6.03 Å². The van der Waals surface area contributed by atoms with Gasteiger partial charge in [0, 0.05) is 44.8 Å². The molecule has 1 aromatic rings. The molecule has 2 amide bonds. The zero-order valence-corrected chi connectivity index (χ0v) is 19.1. The summed E-state index contributed by atoms with van der Waals surface area (Å²) in [7, 11) is 0. The van der Waals surface area contributed by atoms with Crippen LogP contribution in [0.1, 0.15) is 45.3 Å². The summed E-state index contributed by atoms with van der Waals surface area (Å²) in [5.74, 6) is 1.76. The average molecular weight is 423 g/mol. The first-order valence-electron chi connectivity index (χ1n) is 11.0. The Labute approximate surface area is 180 Å². The van der Waals surface area contributed by atoms with Crippen LogP contribution in [0.4, 0.5) is 4.79 Å². The molecule has 0 spiro atoms. The lowest BCUT2D eigenvalue weighted by Gasteiger charge is -2.45. The monoisotopic (exact) mass is 422 g/mol. The minimum absolute atomic E-state index is 0.00213. The molecule has 3 unspecified atom stereocenters. The number of rotatable bonds is 7. The number of urea groups is 1. The predicted octanol–water partition coefficient (Wildman–Crippen LogP) is 2.15.